The van der Waals surface area contributed by atoms with E-state index in [1.165, 1.54) is 8.61 Å². The maximum absolute atomic E-state index is 13.7. The number of hydrogen-bond donors (Lipinski definition) is 0. The van der Waals surface area contributed by atoms with Crippen molar-refractivity contribution >= 4 is 26.9 Å². The molecule has 0 radical (unpaired) electrons. The molecule has 2 aliphatic rings. The van der Waals surface area contributed by atoms with Crippen LogP contribution >= 0.6 is 0 Å². The molecule has 2 aromatic rings. The Morgan fingerprint density at radius 3 is 2.41 bits per heavy atom. The van der Waals surface area contributed by atoms with E-state index in [2.05, 4.69) is 25.3 Å². The first-order chi connectivity index (χ1) is 15.6. The van der Waals surface area contributed by atoms with E-state index in [-0.39, 0.29) is 24.2 Å². The Morgan fingerprint density at radius 1 is 1.21 bits per heavy atom. The van der Waals surface area contributed by atoms with Gasteiger partial charge in [0.05, 0.1) is 37.0 Å². The van der Waals surface area contributed by atoms with Crippen LogP contribution in [-0.2, 0) is 22.2 Å². The summed E-state index contributed by atoms with van der Waals surface area (Å²) in [4.78, 5) is 4.89. The standard InChI is InChI=1S/C24H36F2N5O2S/c1-23(2,3)22-27-20-15-19(28(4)34(32,33)29-13-14-31(5,6)17-29)7-8-21(20)30(22)16-18-9-11-24(25,26)12-10-18/h7-8,13-15,18H,9-12,16-17H2,1-6H3/q+1. The number of anilines is 1. The summed E-state index contributed by atoms with van der Waals surface area (Å²) in [5.41, 5.74) is 1.88. The SMILES string of the molecule is CN(c1ccc2c(c1)nc(C(C)(C)C)n2CC1CCC(F)(F)CC1)S(=O)(=O)N1C=C[N+](C)(C)C1. The van der Waals surface area contributed by atoms with Gasteiger partial charge in [-0.2, -0.15) is 8.42 Å². The minimum Gasteiger partial charge on any atom is -0.327 e. The quantitative estimate of drug-likeness (QED) is 0.566. The van der Waals surface area contributed by atoms with E-state index < -0.39 is 16.1 Å². The number of alkyl halides is 2. The first kappa shape index (κ1) is 24.9. The Hall–Kier alpha value is -2.20. The Bertz CT molecular complexity index is 1200. The highest BCUT2D eigenvalue weighted by atomic mass is 32.2. The van der Waals surface area contributed by atoms with Crippen molar-refractivity contribution in [3.8, 4) is 0 Å². The van der Waals surface area contributed by atoms with Crippen LogP contribution in [0.15, 0.2) is 30.6 Å². The van der Waals surface area contributed by atoms with Gasteiger partial charge in [-0.3, -0.25) is 8.79 Å². The van der Waals surface area contributed by atoms with Crippen LogP contribution in [0.5, 0.6) is 0 Å². The Balaban J connectivity index is 1.66. The minimum atomic E-state index is -3.74. The first-order valence-corrected chi connectivity index (χ1v) is 13.2. The number of hydrogen-bond acceptors (Lipinski definition) is 3. The van der Waals surface area contributed by atoms with Gasteiger partial charge in [0, 0.05) is 31.8 Å². The van der Waals surface area contributed by atoms with E-state index in [9.17, 15) is 17.2 Å². The molecule has 1 aliphatic carbocycles. The summed E-state index contributed by atoms with van der Waals surface area (Å²) in [6, 6.07) is 5.49. The molecule has 0 unspecified atom stereocenters. The molecular formula is C24H36F2N5O2S+. The van der Waals surface area contributed by atoms with Crippen LogP contribution < -0.4 is 4.31 Å². The molecule has 7 nitrogen and oxygen atoms in total. The average Bonchev–Trinajstić information content (AvgIpc) is 3.28. The van der Waals surface area contributed by atoms with Gasteiger partial charge in [0.15, 0.2) is 6.67 Å². The lowest BCUT2D eigenvalue weighted by Gasteiger charge is -2.30. The largest absolute Gasteiger partial charge is 0.330 e. The fraction of sp³-hybridized carbons (Fsp3) is 0.625. The molecular weight excluding hydrogens is 460 g/mol. The molecule has 1 aliphatic heterocycles. The van der Waals surface area contributed by atoms with Crippen molar-refractivity contribution in [2.45, 2.75) is 64.3 Å². The number of rotatable bonds is 5. The molecule has 10 heteroatoms. The summed E-state index contributed by atoms with van der Waals surface area (Å²) in [7, 11) is 1.68. The molecule has 1 aromatic heterocycles. The van der Waals surface area contributed by atoms with Gasteiger partial charge in [-0.15, -0.1) is 0 Å². The Kier molecular flexibility index (Phi) is 6.00. The minimum absolute atomic E-state index is 0.0670. The highest BCUT2D eigenvalue weighted by Crippen LogP contribution is 2.38. The maximum atomic E-state index is 13.7. The Morgan fingerprint density at radius 2 is 1.85 bits per heavy atom. The topological polar surface area (TPSA) is 58.4 Å². The number of imidazole rings is 1. The predicted molar refractivity (Wildman–Crippen MR) is 131 cm³/mol. The lowest BCUT2D eigenvalue weighted by Crippen LogP contribution is -2.44. The molecule has 1 aromatic carbocycles. The highest BCUT2D eigenvalue weighted by molar-refractivity contribution is 7.90. The van der Waals surface area contributed by atoms with Crippen molar-refractivity contribution in [3.63, 3.8) is 0 Å². The molecule has 0 N–H and O–H groups in total. The van der Waals surface area contributed by atoms with Gasteiger partial charge in [-0.25, -0.2) is 18.1 Å². The zero-order valence-electron chi connectivity index (χ0n) is 20.9. The fourth-order valence-corrected chi connectivity index (χ4v) is 6.11. The van der Waals surface area contributed by atoms with Gasteiger partial charge in [0.25, 0.3) is 0 Å². The molecule has 1 fully saturated rings. The molecule has 4 rings (SSSR count). The van der Waals surface area contributed by atoms with Gasteiger partial charge in [-0.1, -0.05) is 20.8 Å². The first-order valence-electron chi connectivity index (χ1n) is 11.8. The lowest BCUT2D eigenvalue weighted by molar-refractivity contribution is -0.838. The molecule has 1 saturated carbocycles. The summed E-state index contributed by atoms with van der Waals surface area (Å²) in [6.45, 7) is 7.21. The summed E-state index contributed by atoms with van der Waals surface area (Å²) in [6.07, 6.45) is 4.30. The number of benzene rings is 1. The van der Waals surface area contributed by atoms with Crippen LogP contribution in [0.1, 0.15) is 52.3 Å². The van der Waals surface area contributed by atoms with Crippen LogP contribution in [0.3, 0.4) is 0 Å². The number of quaternary nitrogens is 1. The zero-order valence-corrected chi connectivity index (χ0v) is 21.7. The molecule has 0 atom stereocenters. The second-order valence-electron chi connectivity index (χ2n) is 11.3. The van der Waals surface area contributed by atoms with E-state index in [4.69, 9.17) is 4.98 Å². The van der Waals surface area contributed by atoms with Gasteiger partial charge in [0.1, 0.15) is 12.0 Å². The third kappa shape index (κ3) is 4.79. The van der Waals surface area contributed by atoms with Crippen molar-refractivity contribution in [2.75, 3.05) is 32.1 Å². The fourth-order valence-electron chi connectivity index (χ4n) is 4.76. The van der Waals surface area contributed by atoms with Crippen LogP contribution in [0.25, 0.3) is 11.0 Å². The molecule has 34 heavy (non-hydrogen) atoms. The molecule has 0 spiro atoms. The molecule has 2 heterocycles. The van der Waals surface area contributed by atoms with E-state index >= 15 is 0 Å². The van der Waals surface area contributed by atoms with E-state index in [1.54, 1.807) is 25.4 Å². The van der Waals surface area contributed by atoms with Crippen molar-refractivity contribution < 1.29 is 21.7 Å². The van der Waals surface area contributed by atoms with Gasteiger partial charge >= 0.3 is 10.2 Å². The van der Waals surface area contributed by atoms with Crippen LogP contribution in [0.4, 0.5) is 14.5 Å². The second-order valence-corrected chi connectivity index (χ2v) is 13.3. The number of nitrogens with zero attached hydrogens (tertiary/aromatic N) is 5. The van der Waals surface area contributed by atoms with E-state index in [0.29, 0.717) is 41.7 Å². The van der Waals surface area contributed by atoms with Crippen molar-refractivity contribution in [1.29, 1.82) is 0 Å². The lowest BCUT2D eigenvalue weighted by atomic mass is 9.86. The normalized spacial score (nSPS) is 20.9. The van der Waals surface area contributed by atoms with E-state index in [0.717, 1.165) is 11.3 Å². The van der Waals surface area contributed by atoms with Crippen LogP contribution in [-0.4, -0.2) is 60.5 Å². The second kappa shape index (κ2) is 8.19. The zero-order chi connectivity index (χ0) is 25.1. The van der Waals surface area contributed by atoms with E-state index in [1.807, 2.05) is 26.4 Å². The number of aromatic nitrogens is 2. The molecule has 188 valence electrons. The van der Waals surface area contributed by atoms with Crippen molar-refractivity contribution in [2.24, 2.45) is 5.92 Å². The summed E-state index contributed by atoms with van der Waals surface area (Å²) in [5, 5.41) is 0. The maximum Gasteiger partial charge on any atom is 0.330 e. The van der Waals surface area contributed by atoms with Crippen LogP contribution in [0, 0.1) is 5.92 Å². The van der Waals surface area contributed by atoms with Crippen molar-refractivity contribution in [3.05, 3.63) is 36.4 Å². The molecule has 0 amide bonds. The van der Waals surface area contributed by atoms with Gasteiger partial charge in [-0.05, 0) is 37.0 Å². The van der Waals surface area contributed by atoms with Gasteiger partial charge < -0.3 is 4.57 Å². The summed E-state index contributed by atoms with van der Waals surface area (Å²) >= 11 is 0. The summed E-state index contributed by atoms with van der Waals surface area (Å²) in [5.74, 6) is -1.50. The third-order valence-corrected chi connectivity index (χ3v) is 8.56. The third-order valence-electron chi connectivity index (χ3n) is 6.83. The monoisotopic (exact) mass is 496 g/mol. The van der Waals surface area contributed by atoms with Gasteiger partial charge in [0.2, 0.25) is 5.92 Å². The Labute approximate surface area is 201 Å². The van der Waals surface area contributed by atoms with Crippen molar-refractivity contribution in [1.82, 2.24) is 13.9 Å². The number of halogens is 2. The predicted octanol–water partition coefficient (Wildman–Crippen LogP) is 4.66. The summed E-state index contributed by atoms with van der Waals surface area (Å²) < 4.78 is 59.0. The number of fused-ring (bicyclic) bond motifs is 1. The smallest absolute Gasteiger partial charge is 0.327 e. The van der Waals surface area contributed by atoms with Crippen LogP contribution in [0.2, 0.25) is 0 Å². The molecule has 0 bridgehead atoms. The highest BCUT2D eigenvalue weighted by Gasteiger charge is 2.37. The molecule has 0 saturated heterocycles. The average molecular weight is 497 g/mol.